The Morgan fingerprint density at radius 1 is 0.875 bits per heavy atom. The maximum absolute atomic E-state index is 13.9. The Balaban J connectivity index is 1.35. The molecule has 0 unspecified atom stereocenters. The molecule has 12 nitrogen and oxygen atoms in total. The van der Waals surface area contributed by atoms with E-state index in [9.17, 15) is 9.59 Å². The topological polar surface area (TPSA) is 125 Å². The fraction of sp³-hybridized carbons (Fsp3) is 0.333. The quantitative estimate of drug-likeness (QED) is 0.118. The van der Waals surface area contributed by atoms with Gasteiger partial charge < -0.3 is 33.9 Å². The summed E-state index contributed by atoms with van der Waals surface area (Å²) < 4.78 is 27.7. The van der Waals surface area contributed by atoms with Crippen molar-refractivity contribution >= 4 is 29.5 Å². The highest BCUT2D eigenvalue weighted by molar-refractivity contribution is 5.95. The van der Waals surface area contributed by atoms with Crippen LogP contribution in [-0.4, -0.2) is 74.5 Å². The molecule has 0 bridgehead atoms. The average molecular weight is 656 g/mol. The summed E-state index contributed by atoms with van der Waals surface area (Å²) in [5.74, 6) is 1.73. The SMILES string of the molecule is COC(=O)c1ccccc1OC(=O)N(Cc1cc(OC)ccc1OC)c1ccnc(Nc2cccc(OCCCN3CCCCC3)c2)n1. The molecule has 5 rings (SSSR count). The van der Waals surface area contributed by atoms with Gasteiger partial charge >= 0.3 is 12.1 Å². The number of para-hydroxylation sites is 1. The number of rotatable bonds is 14. The molecular formula is C36H41N5O7. The molecule has 3 aromatic carbocycles. The number of nitrogens with one attached hydrogen (secondary N) is 1. The molecule has 12 heteroatoms. The van der Waals surface area contributed by atoms with Gasteiger partial charge in [-0.2, -0.15) is 4.98 Å². The largest absolute Gasteiger partial charge is 0.497 e. The van der Waals surface area contributed by atoms with E-state index in [0.717, 1.165) is 24.4 Å². The van der Waals surface area contributed by atoms with Crippen molar-refractivity contribution in [1.29, 1.82) is 0 Å². The van der Waals surface area contributed by atoms with Crippen LogP contribution in [0.3, 0.4) is 0 Å². The summed E-state index contributed by atoms with van der Waals surface area (Å²) in [5.41, 5.74) is 1.45. The van der Waals surface area contributed by atoms with Crippen LogP contribution < -0.4 is 29.2 Å². The number of likely N-dealkylation sites (tertiary alicyclic amines) is 1. The number of carbonyl (C=O) groups is 2. The van der Waals surface area contributed by atoms with E-state index in [4.69, 9.17) is 23.7 Å². The fourth-order valence-corrected chi connectivity index (χ4v) is 5.41. The van der Waals surface area contributed by atoms with Crippen LogP contribution in [0.25, 0.3) is 0 Å². The molecule has 0 spiro atoms. The first kappa shape index (κ1) is 34.0. The first-order chi connectivity index (χ1) is 23.5. The lowest BCUT2D eigenvalue weighted by Crippen LogP contribution is -2.34. The molecule has 1 fully saturated rings. The van der Waals surface area contributed by atoms with E-state index in [1.165, 1.54) is 62.7 Å². The second-order valence-electron chi connectivity index (χ2n) is 11.1. The summed E-state index contributed by atoms with van der Waals surface area (Å²) in [7, 11) is 4.36. The number of hydrogen-bond acceptors (Lipinski definition) is 11. The molecule has 2 heterocycles. The molecule has 252 valence electrons. The number of amides is 1. The van der Waals surface area contributed by atoms with Gasteiger partial charge in [-0.1, -0.05) is 24.6 Å². The smallest absolute Gasteiger partial charge is 0.421 e. The Hall–Kier alpha value is -5.36. The van der Waals surface area contributed by atoms with Crippen LogP contribution in [-0.2, 0) is 11.3 Å². The van der Waals surface area contributed by atoms with Crippen molar-refractivity contribution in [2.45, 2.75) is 32.2 Å². The molecule has 1 aliphatic heterocycles. The molecule has 1 saturated heterocycles. The molecule has 0 saturated carbocycles. The monoisotopic (exact) mass is 655 g/mol. The maximum atomic E-state index is 13.9. The van der Waals surface area contributed by atoms with E-state index >= 15 is 0 Å². The molecular weight excluding hydrogens is 614 g/mol. The maximum Gasteiger partial charge on any atom is 0.421 e. The lowest BCUT2D eigenvalue weighted by atomic mass is 10.1. The number of piperidine rings is 1. The predicted octanol–water partition coefficient (Wildman–Crippen LogP) is 6.48. The van der Waals surface area contributed by atoms with E-state index < -0.39 is 12.1 Å². The number of esters is 1. The van der Waals surface area contributed by atoms with Gasteiger partial charge in [0.2, 0.25) is 5.95 Å². The van der Waals surface area contributed by atoms with Crippen molar-refractivity contribution in [3.63, 3.8) is 0 Å². The minimum absolute atomic E-state index is 0.00317. The van der Waals surface area contributed by atoms with Crippen molar-refractivity contribution < 1.29 is 33.3 Å². The molecule has 1 aromatic heterocycles. The van der Waals surface area contributed by atoms with Crippen LogP contribution in [0.5, 0.6) is 23.0 Å². The Morgan fingerprint density at radius 3 is 2.50 bits per heavy atom. The standard InChI is InChI=1S/C36H41N5O7/c1-44-28-15-16-31(45-2)26(23-28)25-41(36(43)48-32-14-6-5-13-30(32)34(42)46-3)33-17-18-37-35(39-33)38-27-11-9-12-29(24-27)47-22-10-21-40-19-7-4-8-20-40/h5-6,9,11-18,23-24H,4,7-8,10,19-22,25H2,1-3H3,(H,37,38,39). The third kappa shape index (κ3) is 9.13. The third-order valence-electron chi connectivity index (χ3n) is 7.87. The Kier molecular flexibility index (Phi) is 12.0. The summed E-state index contributed by atoms with van der Waals surface area (Å²) in [6.45, 7) is 3.99. The molecule has 0 aliphatic carbocycles. The van der Waals surface area contributed by atoms with Crippen molar-refractivity contribution in [3.8, 4) is 23.0 Å². The second kappa shape index (κ2) is 17.0. The zero-order valence-corrected chi connectivity index (χ0v) is 27.5. The van der Waals surface area contributed by atoms with Gasteiger partial charge in [0.25, 0.3) is 0 Å². The number of benzene rings is 3. The van der Waals surface area contributed by atoms with Crippen molar-refractivity contribution in [2.75, 3.05) is 57.8 Å². The van der Waals surface area contributed by atoms with Crippen LogP contribution in [0.2, 0.25) is 0 Å². The number of hydrogen-bond donors (Lipinski definition) is 1. The van der Waals surface area contributed by atoms with Crippen LogP contribution in [0.15, 0.2) is 79.0 Å². The van der Waals surface area contributed by atoms with Gasteiger partial charge in [0.1, 0.15) is 34.4 Å². The fourth-order valence-electron chi connectivity index (χ4n) is 5.41. The molecule has 1 N–H and O–H groups in total. The number of carbonyl (C=O) groups excluding carboxylic acids is 2. The van der Waals surface area contributed by atoms with E-state index in [0.29, 0.717) is 23.7 Å². The highest BCUT2D eigenvalue weighted by Gasteiger charge is 2.25. The predicted molar refractivity (Wildman–Crippen MR) is 182 cm³/mol. The molecule has 0 atom stereocenters. The van der Waals surface area contributed by atoms with Gasteiger partial charge in [0.05, 0.1) is 34.5 Å². The number of ether oxygens (including phenoxy) is 5. The lowest BCUT2D eigenvalue weighted by Gasteiger charge is -2.26. The summed E-state index contributed by atoms with van der Waals surface area (Å²) in [5, 5.41) is 3.21. The van der Waals surface area contributed by atoms with Crippen molar-refractivity contribution in [1.82, 2.24) is 14.9 Å². The van der Waals surface area contributed by atoms with Gasteiger partial charge in [-0.15, -0.1) is 0 Å². The van der Waals surface area contributed by atoms with Crippen molar-refractivity contribution in [3.05, 3.63) is 90.1 Å². The number of aromatic nitrogens is 2. The molecule has 48 heavy (non-hydrogen) atoms. The molecule has 1 aliphatic rings. The van der Waals surface area contributed by atoms with E-state index in [1.54, 1.807) is 50.6 Å². The molecule has 4 aromatic rings. The Labute approximate surface area is 280 Å². The first-order valence-electron chi connectivity index (χ1n) is 15.9. The van der Waals surface area contributed by atoms with E-state index in [2.05, 4.69) is 20.2 Å². The third-order valence-corrected chi connectivity index (χ3v) is 7.87. The average Bonchev–Trinajstić information content (AvgIpc) is 3.13. The van der Waals surface area contributed by atoms with Crippen molar-refractivity contribution in [2.24, 2.45) is 0 Å². The normalized spacial score (nSPS) is 12.9. The van der Waals surface area contributed by atoms with Gasteiger partial charge in [-0.25, -0.2) is 14.6 Å². The first-order valence-corrected chi connectivity index (χ1v) is 15.9. The second-order valence-corrected chi connectivity index (χ2v) is 11.1. The Morgan fingerprint density at radius 2 is 1.71 bits per heavy atom. The minimum Gasteiger partial charge on any atom is -0.497 e. The zero-order chi connectivity index (χ0) is 33.7. The lowest BCUT2D eigenvalue weighted by molar-refractivity contribution is 0.0598. The number of anilines is 3. The summed E-state index contributed by atoms with van der Waals surface area (Å²) in [4.78, 5) is 39.1. The van der Waals surface area contributed by atoms with E-state index in [-0.39, 0.29) is 29.6 Å². The summed E-state index contributed by atoms with van der Waals surface area (Å²) >= 11 is 0. The summed E-state index contributed by atoms with van der Waals surface area (Å²) in [6, 6.07) is 20.8. The molecule has 0 radical (unpaired) electrons. The van der Waals surface area contributed by atoms with E-state index in [1.807, 2.05) is 24.3 Å². The zero-order valence-electron chi connectivity index (χ0n) is 27.5. The highest BCUT2D eigenvalue weighted by atomic mass is 16.6. The summed E-state index contributed by atoms with van der Waals surface area (Å²) in [6.07, 6.45) is 5.57. The highest BCUT2D eigenvalue weighted by Crippen LogP contribution is 2.29. The van der Waals surface area contributed by atoms with Crippen LogP contribution in [0.4, 0.5) is 22.2 Å². The number of methoxy groups -OCH3 is 3. The number of nitrogens with zero attached hydrogens (tertiary/aromatic N) is 4. The minimum atomic E-state index is -0.791. The molecule has 1 amide bonds. The van der Waals surface area contributed by atoms with Crippen LogP contribution in [0.1, 0.15) is 41.6 Å². The van der Waals surface area contributed by atoms with Gasteiger partial charge in [-0.3, -0.25) is 4.90 Å². The van der Waals surface area contributed by atoms with Gasteiger partial charge in [-0.05, 0) is 80.9 Å². The van der Waals surface area contributed by atoms with Gasteiger partial charge in [0.15, 0.2) is 0 Å². The van der Waals surface area contributed by atoms with Crippen LogP contribution in [0, 0.1) is 0 Å². The van der Waals surface area contributed by atoms with Gasteiger partial charge in [0, 0.05) is 30.1 Å². The Bertz CT molecular complexity index is 1680. The van der Waals surface area contributed by atoms with Crippen LogP contribution >= 0.6 is 0 Å².